The summed E-state index contributed by atoms with van der Waals surface area (Å²) in [5.74, 6) is -1.61. The van der Waals surface area contributed by atoms with Gasteiger partial charge in [-0.05, 0) is 29.8 Å². The number of ether oxygens (including phenoxy) is 1. The highest BCUT2D eigenvalue weighted by Crippen LogP contribution is 2.16. The Balaban J connectivity index is 1.89. The monoisotopic (exact) mass is 315 g/mol. The largest absolute Gasteiger partial charge is 0.497 e. The van der Waals surface area contributed by atoms with Gasteiger partial charge in [0.15, 0.2) is 0 Å². The summed E-state index contributed by atoms with van der Waals surface area (Å²) in [6, 6.07) is 12.1. The van der Waals surface area contributed by atoms with E-state index < -0.39 is 11.8 Å². The molecule has 0 unspecified atom stereocenters. The third-order valence-corrected chi connectivity index (χ3v) is 2.78. The van der Waals surface area contributed by atoms with Crippen molar-refractivity contribution in [2.24, 2.45) is 5.10 Å². The van der Waals surface area contributed by atoms with Gasteiger partial charge in [-0.2, -0.15) is 5.10 Å². The van der Waals surface area contributed by atoms with E-state index in [1.165, 1.54) is 37.6 Å². The molecule has 6 nitrogen and oxygen atoms in total. The molecule has 0 saturated carbocycles. The second-order valence-electron chi connectivity index (χ2n) is 4.44. The Kier molecular flexibility index (Phi) is 5.40. The summed E-state index contributed by atoms with van der Waals surface area (Å²) in [5, 5.41) is 6.05. The van der Waals surface area contributed by atoms with E-state index in [0.717, 1.165) is 0 Å². The highest BCUT2D eigenvalue weighted by Gasteiger charge is 2.12. The van der Waals surface area contributed by atoms with Gasteiger partial charge >= 0.3 is 11.8 Å². The molecular formula is C16H14FN3O3. The number of benzene rings is 2. The van der Waals surface area contributed by atoms with E-state index in [-0.39, 0.29) is 5.82 Å². The van der Waals surface area contributed by atoms with Crippen LogP contribution in [-0.4, -0.2) is 25.1 Å². The number of hydrogen-bond acceptors (Lipinski definition) is 4. The number of carbonyl (C=O) groups excluding carboxylic acids is 2. The van der Waals surface area contributed by atoms with Crippen LogP contribution in [0.1, 0.15) is 5.56 Å². The normalized spacial score (nSPS) is 10.3. The second kappa shape index (κ2) is 7.69. The van der Waals surface area contributed by atoms with Gasteiger partial charge in [-0.25, -0.2) is 9.82 Å². The first-order valence-electron chi connectivity index (χ1n) is 6.62. The zero-order valence-corrected chi connectivity index (χ0v) is 12.2. The minimum absolute atomic E-state index is 0.371. The Hall–Kier alpha value is -3.22. The molecule has 0 aliphatic rings. The number of amides is 2. The van der Waals surface area contributed by atoms with Gasteiger partial charge in [0.25, 0.3) is 0 Å². The molecule has 7 heteroatoms. The van der Waals surface area contributed by atoms with Crippen LogP contribution < -0.4 is 15.5 Å². The van der Waals surface area contributed by atoms with Crippen molar-refractivity contribution in [3.05, 3.63) is 59.9 Å². The highest BCUT2D eigenvalue weighted by atomic mass is 19.1. The lowest BCUT2D eigenvalue weighted by Gasteiger charge is -2.05. The summed E-state index contributed by atoms with van der Waals surface area (Å²) in [5.41, 5.74) is 3.09. The van der Waals surface area contributed by atoms with Gasteiger partial charge < -0.3 is 10.1 Å². The van der Waals surface area contributed by atoms with E-state index in [0.29, 0.717) is 17.0 Å². The van der Waals surface area contributed by atoms with Gasteiger partial charge in [-0.15, -0.1) is 0 Å². The van der Waals surface area contributed by atoms with E-state index >= 15 is 0 Å². The van der Waals surface area contributed by atoms with E-state index in [9.17, 15) is 14.0 Å². The fourth-order valence-corrected chi connectivity index (χ4v) is 1.65. The maximum absolute atomic E-state index is 12.7. The molecule has 0 fully saturated rings. The Labute approximate surface area is 132 Å². The minimum Gasteiger partial charge on any atom is -0.497 e. The molecule has 23 heavy (non-hydrogen) atoms. The molecule has 0 bridgehead atoms. The number of nitrogens with zero attached hydrogens (tertiary/aromatic N) is 1. The van der Waals surface area contributed by atoms with Crippen LogP contribution in [0.4, 0.5) is 10.1 Å². The van der Waals surface area contributed by atoms with Gasteiger partial charge in [0.2, 0.25) is 0 Å². The van der Waals surface area contributed by atoms with Gasteiger partial charge in [0, 0.05) is 11.8 Å². The maximum Gasteiger partial charge on any atom is 0.329 e. The van der Waals surface area contributed by atoms with Crippen LogP contribution in [-0.2, 0) is 9.59 Å². The molecule has 0 aliphatic heterocycles. The number of hydrazone groups is 1. The summed E-state index contributed by atoms with van der Waals surface area (Å²) < 4.78 is 17.7. The van der Waals surface area contributed by atoms with Crippen LogP contribution in [0.5, 0.6) is 5.75 Å². The molecule has 0 aliphatic carbocycles. The quantitative estimate of drug-likeness (QED) is 0.514. The summed E-state index contributed by atoms with van der Waals surface area (Å²) in [6.45, 7) is 0. The van der Waals surface area contributed by atoms with E-state index in [1.807, 2.05) is 0 Å². The molecule has 118 valence electrons. The zero-order valence-electron chi connectivity index (χ0n) is 12.2. The Morgan fingerprint density at radius 1 is 1.13 bits per heavy atom. The zero-order chi connectivity index (χ0) is 16.7. The van der Waals surface area contributed by atoms with Crippen molar-refractivity contribution in [2.45, 2.75) is 0 Å². The van der Waals surface area contributed by atoms with Crippen LogP contribution >= 0.6 is 0 Å². The van der Waals surface area contributed by atoms with E-state index in [1.54, 1.807) is 24.3 Å². The molecule has 0 heterocycles. The number of halogens is 1. The van der Waals surface area contributed by atoms with Crippen LogP contribution in [0.15, 0.2) is 53.6 Å². The topological polar surface area (TPSA) is 79.8 Å². The molecule has 0 radical (unpaired) electrons. The van der Waals surface area contributed by atoms with Gasteiger partial charge in [0.05, 0.1) is 13.3 Å². The first kappa shape index (κ1) is 16.2. The summed E-state index contributed by atoms with van der Waals surface area (Å²) in [4.78, 5) is 23.3. The fraction of sp³-hybridized carbons (Fsp3) is 0.0625. The van der Waals surface area contributed by atoms with Crippen molar-refractivity contribution >= 4 is 23.7 Å². The second-order valence-corrected chi connectivity index (χ2v) is 4.44. The smallest absolute Gasteiger partial charge is 0.329 e. The Morgan fingerprint density at radius 2 is 1.87 bits per heavy atom. The summed E-state index contributed by atoms with van der Waals surface area (Å²) in [7, 11) is 1.50. The SMILES string of the molecule is COc1cccc(NC(=O)C(=O)N/N=C/c2ccc(F)cc2)c1. The minimum atomic E-state index is -0.925. The van der Waals surface area contributed by atoms with Crippen LogP contribution in [0.3, 0.4) is 0 Å². The van der Waals surface area contributed by atoms with E-state index in [2.05, 4.69) is 15.8 Å². The Morgan fingerprint density at radius 3 is 2.57 bits per heavy atom. The molecule has 2 aromatic carbocycles. The lowest BCUT2D eigenvalue weighted by atomic mass is 10.2. The predicted octanol–water partition coefficient (Wildman–Crippen LogP) is 1.92. The van der Waals surface area contributed by atoms with Crippen LogP contribution in [0, 0.1) is 5.82 Å². The number of nitrogens with one attached hydrogen (secondary N) is 2. The third-order valence-electron chi connectivity index (χ3n) is 2.78. The van der Waals surface area contributed by atoms with Gasteiger partial charge in [-0.3, -0.25) is 9.59 Å². The molecule has 2 N–H and O–H groups in total. The number of rotatable bonds is 4. The standard InChI is InChI=1S/C16H14FN3O3/c1-23-14-4-2-3-13(9-14)19-15(21)16(22)20-18-10-11-5-7-12(17)8-6-11/h2-10H,1H3,(H,19,21)(H,20,22)/b18-10+. The Bertz CT molecular complexity index is 730. The number of methoxy groups -OCH3 is 1. The molecule has 2 aromatic rings. The number of hydrogen-bond donors (Lipinski definition) is 2. The predicted molar refractivity (Wildman–Crippen MR) is 83.8 cm³/mol. The van der Waals surface area contributed by atoms with Crippen molar-refractivity contribution in [1.29, 1.82) is 0 Å². The fourth-order valence-electron chi connectivity index (χ4n) is 1.65. The molecule has 0 aromatic heterocycles. The van der Waals surface area contributed by atoms with Crippen molar-refractivity contribution in [3.8, 4) is 5.75 Å². The highest BCUT2D eigenvalue weighted by molar-refractivity contribution is 6.39. The van der Waals surface area contributed by atoms with Crippen molar-refractivity contribution in [1.82, 2.24) is 5.43 Å². The average molecular weight is 315 g/mol. The van der Waals surface area contributed by atoms with Crippen molar-refractivity contribution in [3.63, 3.8) is 0 Å². The molecular weight excluding hydrogens is 301 g/mol. The summed E-state index contributed by atoms with van der Waals surface area (Å²) in [6.07, 6.45) is 1.30. The number of carbonyl (C=O) groups is 2. The molecule has 0 atom stereocenters. The van der Waals surface area contributed by atoms with Crippen LogP contribution in [0.25, 0.3) is 0 Å². The van der Waals surface area contributed by atoms with Gasteiger partial charge in [-0.1, -0.05) is 18.2 Å². The van der Waals surface area contributed by atoms with Gasteiger partial charge in [0.1, 0.15) is 11.6 Å². The molecule has 2 rings (SSSR count). The molecule has 0 saturated heterocycles. The average Bonchev–Trinajstić information content (AvgIpc) is 2.56. The van der Waals surface area contributed by atoms with Crippen molar-refractivity contribution < 1.29 is 18.7 Å². The molecule has 2 amide bonds. The first-order chi connectivity index (χ1) is 11.1. The maximum atomic E-state index is 12.7. The third kappa shape index (κ3) is 4.92. The first-order valence-corrected chi connectivity index (χ1v) is 6.62. The van der Waals surface area contributed by atoms with Crippen molar-refractivity contribution in [2.75, 3.05) is 12.4 Å². The lowest BCUT2D eigenvalue weighted by Crippen LogP contribution is -2.32. The summed E-state index contributed by atoms with van der Waals surface area (Å²) >= 11 is 0. The molecule has 0 spiro atoms. The number of anilines is 1. The van der Waals surface area contributed by atoms with E-state index in [4.69, 9.17) is 4.74 Å². The van der Waals surface area contributed by atoms with Crippen LogP contribution in [0.2, 0.25) is 0 Å². The lowest BCUT2D eigenvalue weighted by molar-refractivity contribution is -0.136.